The van der Waals surface area contributed by atoms with Crippen LogP contribution in [0.3, 0.4) is 0 Å². The lowest BCUT2D eigenvalue weighted by atomic mass is 10.0. The van der Waals surface area contributed by atoms with Gasteiger partial charge in [-0.05, 0) is 24.1 Å². The van der Waals surface area contributed by atoms with E-state index < -0.39 is 0 Å². The lowest BCUT2D eigenvalue weighted by Gasteiger charge is -2.14. The fourth-order valence-corrected chi connectivity index (χ4v) is 1.34. The summed E-state index contributed by atoms with van der Waals surface area (Å²) in [7, 11) is 0. The Bertz CT molecular complexity index is 246. The van der Waals surface area contributed by atoms with Crippen LogP contribution in [0.4, 0.5) is 0 Å². The predicted molar refractivity (Wildman–Crippen MR) is 53.1 cm³/mol. The number of aromatic hydroxyl groups is 1. The van der Waals surface area contributed by atoms with Crippen LogP contribution in [-0.4, -0.2) is 5.11 Å². The average molecular weight is 180 g/mol. The van der Waals surface area contributed by atoms with Crippen LogP contribution in [0.5, 0.6) is 5.75 Å². The van der Waals surface area contributed by atoms with Crippen LogP contribution in [-0.2, 0) is 0 Å². The third kappa shape index (κ3) is 2.72. The van der Waals surface area contributed by atoms with Gasteiger partial charge >= 0.3 is 0 Å². The standard InChI is InChI=1S/C10H16N2O/c1-2-3-10(12-11)8-4-6-9(13)7-5-8/h4-7,10,12-13H,2-3,11H2,1H3/t10-/m0/s1. The van der Waals surface area contributed by atoms with Crippen LogP contribution in [0.25, 0.3) is 0 Å². The fraction of sp³-hybridized carbons (Fsp3) is 0.400. The number of phenols is 1. The second kappa shape index (κ2) is 4.84. The third-order valence-corrected chi connectivity index (χ3v) is 2.07. The van der Waals surface area contributed by atoms with Crippen molar-refractivity contribution in [1.82, 2.24) is 5.43 Å². The number of nitrogens with two attached hydrogens (primary N) is 1. The van der Waals surface area contributed by atoms with Crippen molar-refractivity contribution < 1.29 is 5.11 Å². The highest BCUT2D eigenvalue weighted by Crippen LogP contribution is 2.19. The second-order valence-corrected chi connectivity index (χ2v) is 3.10. The first-order valence-electron chi connectivity index (χ1n) is 4.53. The second-order valence-electron chi connectivity index (χ2n) is 3.10. The minimum atomic E-state index is 0.186. The highest BCUT2D eigenvalue weighted by Gasteiger charge is 2.07. The Morgan fingerprint density at radius 3 is 2.46 bits per heavy atom. The molecule has 0 amide bonds. The molecule has 0 heterocycles. The van der Waals surface area contributed by atoms with E-state index in [0.717, 1.165) is 18.4 Å². The lowest BCUT2D eigenvalue weighted by Crippen LogP contribution is -2.27. The summed E-state index contributed by atoms with van der Waals surface area (Å²) in [6, 6.07) is 7.31. The highest BCUT2D eigenvalue weighted by molar-refractivity contribution is 5.27. The quantitative estimate of drug-likeness (QED) is 0.488. The molecule has 72 valence electrons. The van der Waals surface area contributed by atoms with Crippen molar-refractivity contribution in [3.63, 3.8) is 0 Å². The van der Waals surface area contributed by atoms with Crippen LogP contribution in [0.1, 0.15) is 31.4 Å². The molecule has 0 saturated carbocycles. The summed E-state index contributed by atoms with van der Waals surface area (Å²) in [6.45, 7) is 2.12. The topological polar surface area (TPSA) is 58.3 Å². The summed E-state index contributed by atoms with van der Waals surface area (Å²) in [5.41, 5.74) is 3.87. The Morgan fingerprint density at radius 1 is 1.38 bits per heavy atom. The molecular formula is C10H16N2O. The number of phenolic OH excluding ortho intramolecular Hbond substituents is 1. The largest absolute Gasteiger partial charge is 0.508 e. The van der Waals surface area contributed by atoms with E-state index in [4.69, 9.17) is 10.9 Å². The molecule has 1 aromatic rings. The minimum Gasteiger partial charge on any atom is -0.508 e. The summed E-state index contributed by atoms with van der Waals surface area (Å²) in [6.07, 6.45) is 2.08. The number of hydrogen-bond donors (Lipinski definition) is 3. The van der Waals surface area contributed by atoms with E-state index in [9.17, 15) is 0 Å². The molecule has 4 N–H and O–H groups in total. The van der Waals surface area contributed by atoms with Crippen molar-refractivity contribution in [2.75, 3.05) is 0 Å². The molecule has 0 radical (unpaired) electrons. The van der Waals surface area contributed by atoms with Crippen molar-refractivity contribution in [3.8, 4) is 5.75 Å². The first kappa shape index (κ1) is 10.0. The van der Waals surface area contributed by atoms with Gasteiger partial charge in [0.05, 0.1) is 0 Å². The molecule has 0 saturated heterocycles. The molecule has 3 heteroatoms. The summed E-state index contributed by atoms with van der Waals surface area (Å²) in [5, 5.41) is 9.09. The number of hydrazine groups is 1. The molecule has 1 aromatic carbocycles. The maximum absolute atomic E-state index is 9.09. The van der Waals surface area contributed by atoms with Gasteiger partial charge in [0.1, 0.15) is 5.75 Å². The Balaban J connectivity index is 2.73. The van der Waals surface area contributed by atoms with Gasteiger partial charge in [0.25, 0.3) is 0 Å². The number of hydrogen-bond acceptors (Lipinski definition) is 3. The van der Waals surface area contributed by atoms with Crippen molar-refractivity contribution in [2.24, 2.45) is 5.84 Å². The summed E-state index contributed by atoms with van der Waals surface area (Å²) in [4.78, 5) is 0. The van der Waals surface area contributed by atoms with Gasteiger partial charge in [-0.25, -0.2) is 0 Å². The van der Waals surface area contributed by atoms with Crippen molar-refractivity contribution in [1.29, 1.82) is 0 Å². The molecule has 0 fully saturated rings. The molecule has 0 spiro atoms. The zero-order chi connectivity index (χ0) is 9.68. The van der Waals surface area contributed by atoms with E-state index in [-0.39, 0.29) is 11.8 Å². The minimum absolute atomic E-state index is 0.186. The summed E-state index contributed by atoms with van der Waals surface area (Å²) in [5.74, 6) is 5.70. The van der Waals surface area contributed by atoms with Crippen LogP contribution >= 0.6 is 0 Å². The molecule has 1 atom stereocenters. The normalized spacial score (nSPS) is 12.8. The molecule has 13 heavy (non-hydrogen) atoms. The van der Waals surface area contributed by atoms with Gasteiger partial charge in [-0.3, -0.25) is 11.3 Å². The predicted octanol–water partition coefficient (Wildman–Crippen LogP) is 1.70. The van der Waals surface area contributed by atoms with Gasteiger partial charge in [-0.1, -0.05) is 25.5 Å². The van der Waals surface area contributed by atoms with Crippen LogP contribution < -0.4 is 11.3 Å². The Morgan fingerprint density at radius 2 is 2.00 bits per heavy atom. The van der Waals surface area contributed by atoms with Crippen molar-refractivity contribution in [2.45, 2.75) is 25.8 Å². The molecule has 0 aliphatic rings. The van der Waals surface area contributed by atoms with Gasteiger partial charge in [-0.2, -0.15) is 0 Å². The Hall–Kier alpha value is -1.06. The molecule has 0 aromatic heterocycles. The zero-order valence-electron chi connectivity index (χ0n) is 7.83. The molecule has 0 aliphatic heterocycles. The third-order valence-electron chi connectivity index (χ3n) is 2.07. The van der Waals surface area contributed by atoms with Gasteiger partial charge in [0.2, 0.25) is 0 Å². The number of benzene rings is 1. The number of rotatable bonds is 4. The Kier molecular flexibility index (Phi) is 3.73. The average Bonchev–Trinajstić information content (AvgIpc) is 2.16. The van der Waals surface area contributed by atoms with Gasteiger partial charge in [0, 0.05) is 6.04 Å². The first-order valence-corrected chi connectivity index (χ1v) is 4.53. The lowest BCUT2D eigenvalue weighted by molar-refractivity contribution is 0.472. The Labute approximate surface area is 78.5 Å². The maximum atomic E-state index is 9.09. The first-order chi connectivity index (χ1) is 6.27. The molecule has 3 nitrogen and oxygen atoms in total. The van der Waals surface area contributed by atoms with E-state index in [2.05, 4.69) is 12.3 Å². The number of nitrogens with one attached hydrogen (secondary N) is 1. The van der Waals surface area contributed by atoms with Crippen LogP contribution in [0.2, 0.25) is 0 Å². The molecule has 1 rings (SSSR count). The SMILES string of the molecule is CCC[C@H](NN)c1ccc(O)cc1. The fourth-order valence-electron chi connectivity index (χ4n) is 1.34. The van der Waals surface area contributed by atoms with Crippen LogP contribution in [0.15, 0.2) is 24.3 Å². The van der Waals surface area contributed by atoms with Gasteiger partial charge in [0.15, 0.2) is 0 Å². The molecule has 0 aliphatic carbocycles. The molecular weight excluding hydrogens is 164 g/mol. The van der Waals surface area contributed by atoms with Crippen LogP contribution in [0, 0.1) is 0 Å². The van der Waals surface area contributed by atoms with Gasteiger partial charge < -0.3 is 5.11 Å². The summed E-state index contributed by atoms with van der Waals surface area (Å²) < 4.78 is 0. The van der Waals surface area contributed by atoms with E-state index >= 15 is 0 Å². The van der Waals surface area contributed by atoms with E-state index in [1.165, 1.54) is 0 Å². The van der Waals surface area contributed by atoms with E-state index in [1.54, 1.807) is 12.1 Å². The molecule has 0 unspecified atom stereocenters. The zero-order valence-corrected chi connectivity index (χ0v) is 7.83. The van der Waals surface area contributed by atoms with E-state index in [1.807, 2.05) is 12.1 Å². The van der Waals surface area contributed by atoms with Crippen molar-refractivity contribution in [3.05, 3.63) is 29.8 Å². The monoisotopic (exact) mass is 180 g/mol. The van der Waals surface area contributed by atoms with E-state index in [0.29, 0.717) is 0 Å². The molecule has 0 bridgehead atoms. The maximum Gasteiger partial charge on any atom is 0.115 e. The van der Waals surface area contributed by atoms with Gasteiger partial charge in [-0.15, -0.1) is 0 Å². The smallest absolute Gasteiger partial charge is 0.115 e. The summed E-state index contributed by atoms with van der Waals surface area (Å²) >= 11 is 0. The van der Waals surface area contributed by atoms with Crippen molar-refractivity contribution >= 4 is 0 Å². The highest BCUT2D eigenvalue weighted by atomic mass is 16.3.